The molecule has 2 N–H and O–H groups in total. The quantitative estimate of drug-likeness (QED) is 0.359. The number of nitrogens with one attached hydrogen (secondary N) is 2. The second-order valence-corrected chi connectivity index (χ2v) is 6.80. The summed E-state index contributed by atoms with van der Waals surface area (Å²) in [6, 6.07) is 6.71. The van der Waals surface area contributed by atoms with Gasteiger partial charge in [-0.2, -0.15) is 5.10 Å². The van der Waals surface area contributed by atoms with Crippen LogP contribution in [0.25, 0.3) is 0 Å². The number of hydrogen-bond acceptors (Lipinski definition) is 2. The molecule has 1 aromatic carbocycles. The van der Waals surface area contributed by atoms with E-state index in [1.165, 1.54) is 33.6 Å². The van der Waals surface area contributed by atoms with Gasteiger partial charge < -0.3 is 10.6 Å². The SMILES string of the molecule is CCc1nn(C)c(CC)c1CNC(=NC)NCCc1cc(C)cc(C)c1.I. The van der Waals surface area contributed by atoms with Crippen molar-refractivity contribution in [2.75, 3.05) is 13.6 Å². The van der Waals surface area contributed by atoms with E-state index < -0.39 is 0 Å². The van der Waals surface area contributed by atoms with Crippen molar-refractivity contribution in [1.29, 1.82) is 0 Å². The van der Waals surface area contributed by atoms with Crippen LogP contribution in [-0.2, 0) is 32.9 Å². The summed E-state index contributed by atoms with van der Waals surface area (Å²) >= 11 is 0. The minimum Gasteiger partial charge on any atom is -0.356 e. The molecule has 0 bridgehead atoms. The average Bonchev–Trinajstić information content (AvgIpc) is 2.91. The highest BCUT2D eigenvalue weighted by Crippen LogP contribution is 2.15. The summed E-state index contributed by atoms with van der Waals surface area (Å²) in [6.45, 7) is 10.2. The average molecular weight is 483 g/mol. The first-order chi connectivity index (χ1) is 12.5. The Morgan fingerprint density at radius 2 is 1.74 bits per heavy atom. The number of aryl methyl sites for hydroxylation is 4. The monoisotopic (exact) mass is 483 g/mol. The molecular formula is C21H34IN5. The Labute approximate surface area is 181 Å². The standard InChI is InChI=1S/C21H33N5.HI/c1-7-19-18(20(8-2)26(6)25-19)14-24-21(22-5)23-10-9-17-12-15(3)11-16(4)13-17;/h11-13H,7-10,14H2,1-6H3,(H2,22,23,24);1H. The van der Waals surface area contributed by atoms with Gasteiger partial charge in [-0.1, -0.05) is 43.2 Å². The summed E-state index contributed by atoms with van der Waals surface area (Å²) in [7, 11) is 3.84. The lowest BCUT2D eigenvalue weighted by Crippen LogP contribution is -2.38. The number of guanidine groups is 1. The largest absolute Gasteiger partial charge is 0.356 e. The molecule has 0 unspecified atom stereocenters. The van der Waals surface area contributed by atoms with Gasteiger partial charge in [0.05, 0.1) is 5.69 Å². The van der Waals surface area contributed by atoms with Crippen LogP contribution in [-0.4, -0.2) is 29.3 Å². The Morgan fingerprint density at radius 3 is 2.30 bits per heavy atom. The topological polar surface area (TPSA) is 54.2 Å². The summed E-state index contributed by atoms with van der Waals surface area (Å²) in [4.78, 5) is 4.35. The maximum Gasteiger partial charge on any atom is 0.191 e. The Morgan fingerprint density at radius 1 is 1.07 bits per heavy atom. The molecular weight excluding hydrogens is 449 g/mol. The fraction of sp³-hybridized carbons (Fsp3) is 0.524. The predicted octanol–water partition coefficient (Wildman–Crippen LogP) is 3.69. The highest BCUT2D eigenvalue weighted by Gasteiger charge is 2.13. The van der Waals surface area contributed by atoms with Gasteiger partial charge in [0.15, 0.2) is 5.96 Å². The Bertz CT molecular complexity index is 744. The molecule has 0 radical (unpaired) electrons. The predicted molar refractivity (Wildman–Crippen MR) is 125 cm³/mol. The number of hydrogen-bond donors (Lipinski definition) is 2. The molecule has 2 aromatic rings. The summed E-state index contributed by atoms with van der Waals surface area (Å²) in [5.74, 6) is 0.835. The molecule has 0 aliphatic carbocycles. The second-order valence-electron chi connectivity index (χ2n) is 6.80. The van der Waals surface area contributed by atoms with Gasteiger partial charge in [0.1, 0.15) is 0 Å². The van der Waals surface area contributed by atoms with Gasteiger partial charge in [-0.15, -0.1) is 24.0 Å². The zero-order valence-electron chi connectivity index (χ0n) is 17.5. The van der Waals surface area contributed by atoms with Crippen molar-refractivity contribution in [3.05, 3.63) is 51.8 Å². The Hall–Kier alpha value is -1.57. The summed E-state index contributed by atoms with van der Waals surface area (Å²) in [6.07, 6.45) is 2.92. The lowest BCUT2D eigenvalue weighted by atomic mass is 10.1. The van der Waals surface area contributed by atoms with E-state index >= 15 is 0 Å². The number of halogens is 1. The van der Waals surface area contributed by atoms with Crippen LogP contribution in [0, 0.1) is 13.8 Å². The minimum absolute atomic E-state index is 0. The van der Waals surface area contributed by atoms with Crippen molar-refractivity contribution in [3.8, 4) is 0 Å². The number of benzene rings is 1. The summed E-state index contributed by atoms with van der Waals surface area (Å²) in [5, 5.41) is 11.5. The molecule has 0 saturated carbocycles. The van der Waals surface area contributed by atoms with Crippen molar-refractivity contribution >= 4 is 29.9 Å². The van der Waals surface area contributed by atoms with Crippen LogP contribution in [0.2, 0.25) is 0 Å². The second kappa shape index (κ2) is 11.3. The van der Waals surface area contributed by atoms with E-state index in [4.69, 9.17) is 0 Å². The van der Waals surface area contributed by atoms with Crippen LogP contribution < -0.4 is 10.6 Å². The maximum atomic E-state index is 4.64. The molecule has 6 heteroatoms. The van der Waals surface area contributed by atoms with Crippen LogP contribution in [0.5, 0.6) is 0 Å². The number of nitrogens with zero attached hydrogens (tertiary/aromatic N) is 3. The highest BCUT2D eigenvalue weighted by atomic mass is 127. The third kappa shape index (κ3) is 6.52. The first-order valence-corrected chi connectivity index (χ1v) is 9.53. The first-order valence-electron chi connectivity index (χ1n) is 9.53. The molecule has 0 amide bonds. The van der Waals surface area contributed by atoms with E-state index in [9.17, 15) is 0 Å². The highest BCUT2D eigenvalue weighted by molar-refractivity contribution is 14.0. The molecule has 0 aliphatic heterocycles. The van der Waals surface area contributed by atoms with Gasteiger partial charge in [0.2, 0.25) is 0 Å². The van der Waals surface area contributed by atoms with Crippen molar-refractivity contribution in [2.24, 2.45) is 12.0 Å². The lowest BCUT2D eigenvalue weighted by Gasteiger charge is -2.13. The van der Waals surface area contributed by atoms with Gasteiger partial charge in [-0.25, -0.2) is 0 Å². The Balaban J connectivity index is 0.00000364. The fourth-order valence-electron chi connectivity index (χ4n) is 3.53. The van der Waals surface area contributed by atoms with E-state index in [1.807, 2.05) is 18.8 Å². The van der Waals surface area contributed by atoms with E-state index in [2.05, 4.69) is 66.6 Å². The molecule has 1 aromatic heterocycles. The van der Waals surface area contributed by atoms with Gasteiger partial charge in [0.25, 0.3) is 0 Å². The molecule has 1 heterocycles. The number of rotatable bonds is 7. The molecule has 0 aliphatic rings. The van der Waals surface area contributed by atoms with Crippen LogP contribution in [0.4, 0.5) is 0 Å². The van der Waals surface area contributed by atoms with Crippen LogP contribution >= 0.6 is 24.0 Å². The van der Waals surface area contributed by atoms with E-state index in [1.54, 1.807) is 0 Å². The van der Waals surface area contributed by atoms with Crippen molar-refractivity contribution < 1.29 is 0 Å². The summed E-state index contributed by atoms with van der Waals surface area (Å²) in [5.41, 5.74) is 7.76. The summed E-state index contributed by atoms with van der Waals surface area (Å²) < 4.78 is 2.01. The van der Waals surface area contributed by atoms with Crippen molar-refractivity contribution in [2.45, 2.75) is 53.5 Å². The van der Waals surface area contributed by atoms with Gasteiger partial charge >= 0.3 is 0 Å². The zero-order chi connectivity index (χ0) is 19.1. The third-order valence-corrected chi connectivity index (χ3v) is 4.67. The lowest BCUT2D eigenvalue weighted by molar-refractivity contribution is 0.702. The number of aliphatic imine (C=N–C) groups is 1. The first kappa shape index (κ1) is 23.5. The van der Waals surface area contributed by atoms with Gasteiger partial charge in [-0.05, 0) is 38.7 Å². The van der Waals surface area contributed by atoms with Gasteiger partial charge in [-0.3, -0.25) is 9.67 Å². The minimum atomic E-state index is 0. The van der Waals surface area contributed by atoms with E-state index in [0.717, 1.165) is 38.3 Å². The van der Waals surface area contributed by atoms with Crippen molar-refractivity contribution in [3.63, 3.8) is 0 Å². The normalized spacial score (nSPS) is 11.3. The molecule has 0 saturated heterocycles. The van der Waals surface area contributed by atoms with E-state index in [-0.39, 0.29) is 24.0 Å². The van der Waals surface area contributed by atoms with Crippen molar-refractivity contribution in [1.82, 2.24) is 20.4 Å². The smallest absolute Gasteiger partial charge is 0.191 e. The van der Waals surface area contributed by atoms with E-state index in [0.29, 0.717) is 0 Å². The van der Waals surface area contributed by atoms with Crippen LogP contribution in [0.3, 0.4) is 0 Å². The molecule has 0 fully saturated rings. The number of aromatic nitrogens is 2. The van der Waals surface area contributed by atoms with Crippen LogP contribution in [0.1, 0.15) is 47.5 Å². The molecule has 0 atom stereocenters. The van der Waals surface area contributed by atoms with Crippen LogP contribution in [0.15, 0.2) is 23.2 Å². The molecule has 150 valence electrons. The Kier molecular flexibility index (Phi) is 9.83. The fourth-order valence-corrected chi connectivity index (χ4v) is 3.53. The van der Waals surface area contributed by atoms with Gasteiger partial charge in [0, 0.05) is 38.4 Å². The third-order valence-electron chi connectivity index (χ3n) is 4.67. The molecule has 27 heavy (non-hydrogen) atoms. The zero-order valence-corrected chi connectivity index (χ0v) is 19.8. The molecule has 2 rings (SSSR count). The maximum absolute atomic E-state index is 4.64. The molecule has 5 nitrogen and oxygen atoms in total. The molecule has 0 spiro atoms.